The van der Waals surface area contributed by atoms with Gasteiger partial charge in [-0.2, -0.15) is 0 Å². The maximum absolute atomic E-state index is 12.4. The summed E-state index contributed by atoms with van der Waals surface area (Å²) in [7, 11) is 0. The molecule has 0 atom stereocenters. The summed E-state index contributed by atoms with van der Waals surface area (Å²) in [6.45, 7) is 0.698. The van der Waals surface area contributed by atoms with Crippen molar-refractivity contribution in [1.82, 2.24) is 10.3 Å². The SMILES string of the molecule is O=C(NCCNc1ccccc1[N+](=O)[O-])c1c[nH]c2cc(Br)c(Br)cc12. The number of aromatic amines is 1. The van der Waals surface area contributed by atoms with Crippen molar-refractivity contribution in [2.24, 2.45) is 0 Å². The quantitative estimate of drug-likeness (QED) is 0.275. The second-order valence-corrected chi connectivity index (χ2v) is 7.18. The molecule has 2 aromatic carbocycles. The van der Waals surface area contributed by atoms with Crippen LogP contribution in [0.1, 0.15) is 10.4 Å². The van der Waals surface area contributed by atoms with Gasteiger partial charge < -0.3 is 15.6 Å². The van der Waals surface area contributed by atoms with Crippen molar-refractivity contribution in [2.75, 3.05) is 18.4 Å². The second-order valence-electron chi connectivity index (χ2n) is 5.47. The fourth-order valence-electron chi connectivity index (χ4n) is 2.56. The molecule has 1 heterocycles. The van der Waals surface area contributed by atoms with Gasteiger partial charge in [0.15, 0.2) is 0 Å². The lowest BCUT2D eigenvalue weighted by Crippen LogP contribution is -2.28. The molecule has 0 fully saturated rings. The van der Waals surface area contributed by atoms with Gasteiger partial charge in [-0.1, -0.05) is 12.1 Å². The number of carbonyl (C=O) groups is 1. The summed E-state index contributed by atoms with van der Waals surface area (Å²) in [5.41, 5.74) is 1.82. The Morgan fingerprint density at radius 3 is 2.65 bits per heavy atom. The zero-order chi connectivity index (χ0) is 18.7. The number of anilines is 1. The highest BCUT2D eigenvalue weighted by molar-refractivity contribution is 9.13. The molecule has 1 amide bonds. The molecular formula is C17H14Br2N4O3. The van der Waals surface area contributed by atoms with E-state index < -0.39 is 4.92 Å². The Balaban J connectivity index is 1.62. The number of H-pyrrole nitrogens is 1. The molecule has 0 saturated heterocycles. The predicted octanol–water partition coefficient (Wildman–Crippen LogP) is 4.44. The molecule has 134 valence electrons. The maximum Gasteiger partial charge on any atom is 0.292 e. The number of nitrogens with one attached hydrogen (secondary N) is 3. The number of nitro groups is 1. The Kier molecular flexibility index (Phi) is 5.58. The van der Waals surface area contributed by atoms with E-state index in [-0.39, 0.29) is 11.6 Å². The van der Waals surface area contributed by atoms with Gasteiger partial charge in [-0.05, 0) is 50.1 Å². The lowest BCUT2D eigenvalue weighted by molar-refractivity contribution is -0.384. The molecule has 0 bridgehead atoms. The summed E-state index contributed by atoms with van der Waals surface area (Å²) in [6.07, 6.45) is 1.66. The summed E-state index contributed by atoms with van der Waals surface area (Å²) in [6, 6.07) is 10.2. The number of benzene rings is 2. The molecule has 0 spiro atoms. The molecule has 26 heavy (non-hydrogen) atoms. The molecule has 0 aliphatic carbocycles. The van der Waals surface area contributed by atoms with E-state index in [1.165, 1.54) is 6.07 Å². The van der Waals surface area contributed by atoms with Crippen LogP contribution in [0.5, 0.6) is 0 Å². The van der Waals surface area contributed by atoms with Crippen LogP contribution in [0, 0.1) is 10.1 Å². The molecule has 7 nitrogen and oxygen atoms in total. The van der Waals surface area contributed by atoms with Gasteiger partial charge >= 0.3 is 0 Å². The molecule has 9 heteroatoms. The third-order valence-corrected chi connectivity index (χ3v) is 5.64. The largest absolute Gasteiger partial charge is 0.378 e. The number of halogens is 2. The number of nitrogens with zero attached hydrogens (tertiary/aromatic N) is 1. The van der Waals surface area contributed by atoms with E-state index in [0.29, 0.717) is 24.3 Å². The number of para-hydroxylation sites is 2. The van der Waals surface area contributed by atoms with E-state index in [1.807, 2.05) is 12.1 Å². The van der Waals surface area contributed by atoms with Crippen molar-refractivity contribution in [2.45, 2.75) is 0 Å². The van der Waals surface area contributed by atoms with Gasteiger partial charge in [-0.25, -0.2) is 0 Å². The van der Waals surface area contributed by atoms with Gasteiger partial charge in [-0.3, -0.25) is 14.9 Å². The molecule has 3 aromatic rings. The van der Waals surface area contributed by atoms with Crippen LogP contribution >= 0.6 is 31.9 Å². The third-order valence-electron chi connectivity index (χ3n) is 3.79. The number of rotatable bonds is 6. The van der Waals surface area contributed by atoms with Gasteiger partial charge in [0.25, 0.3) is 11.6 Å². The summed E-state index contributed by atoms with van der Waals surface area (Å²) in [5, 5.41) is 17.6. The zero-order valence-corrected chi connectivity index (χ0v) is 16.6. The molecule has 0 saturated carbocycles. The summed E-state index contributed by atoms with van der Waals surface area (Å²) in [4.78, 5) is 26.0. The standard InChI is InChI=1S/C17H14Br2N4O3/c18-12-7-10-11(9-22-15(10)8-13(12)19)17(24)21-6-5-20-14-3-1-2-4-16(14)23(25)26/h1-4,7-9,20,22H,5-6H2,(H,21,24). The molecule has 1 aromatic heterocycles. The fourth-order valence-corrected chi connectivity index (χ4v) is 3.24. The van der Waals surface area contributed by atoms with Crippen molar-refractivity contribution in [3.05, 3.63) is 67.2 Å². The minimum absolute atomic E-state index is 0.00545. The Hall–Kier alpha value is -2.39. The number of amides is 1. The van der Waals surface area contributed by atoms with E-state index in [2.05, 4.69) is 47.5 Å². The van der Waals surface area contributed by atoms with E-state index in [1.54, 1.807) is 24.4 Å². The minimum Gasteiger partial charge on any atom is -0.378 e. The maximum atomic E-state index is 12.4. The normalized spacial score (nSPS) is 10.7. The lowest BCUT2D eigenvalue weighted by Gasteiger charge is -2.08. The van der Waals surface area contributed by atoms with Crippen molar-refractivity contribution in [3.63, 3.8) is 0 Å². The number of hydrogen-bond acceptors (Lipinski definition) is 4. The van der Waals surface area contributed by atoms with Crippen LogP contribution in [-0.2, 0) is 0 Å². The van der Waals surface area contributed by atoms with Gasteiger partial charge in [0, 0.05) is 45.2 Å². The van der Waals surface area contributed by atoms with Crippen molar-refractivity contribution < 1.29 is 9.72 Å². The molecule has 0 unspecified atom stereocenters. The van der Waals surface area contributed by atoms with E-state index in [0.717, 1.165) is 19.8 Å². The van der Waals surface area contributed by atoms with E-state index in [9.17, 15) is 14.9 Å². The van der Waals surface area contributed by atoms with Crippen LogP contribution in [-0.4, -0.2) is 28.9 Å². The zero-order valence-electron chi connectivity index (χ0n) is 13.4. The molecule has 3 N–H and O–H groups in total. The monoisotopic (exact) mass is 480 g/mol. The van der Waals surface area contributed by atoms with Crippen molar-refractivity contribution in [3.8, 4) is 0 Å². The van der Waals surface area contributed by atoms with Crippen LogP contribution in [0.4, 0.5) is 11.4 Å². The summed E-state index contributed by atoms with van der Waals surface area (Å²) in [5.74, 6) is -0.213. The van der Waals surface area contributed by atoms with Crippen LogP contribution in [0.15, 0.2) is 51.5 Å². The van der Waals surface area contributed by atoms with Gasteiger partial charge in [0.05, 0.1) is 10.5 Å². The van der Waals surface area contributed by atoms with E-state index in [4.69, 9.17) is 0 Å². The fraction of sp³-hybridized carbons (Fsp3) is 0.118. The van der Waals surface area contributed by atoms with Gasteiger partial charge in [-0.15, -0.1) is 0 Å². The summed E-state index contributed by atoms with van der Waals surface area (Å²) < 4.78 is 1.75. The summed E-state index contributed by atoms with van der Waals surface area (Å²) >= 11 is 6.86. The first-order chi connectivity index (χ1) is 12.5. The van der Waals surface area contributed by atoms with Crippen LogP contribution in [0.2, 0.25) is 0 Å². The first-order valence-corrected chi connectivity index (χ1v) is 9.27. The first kappa shape index (κ1) is 18.4. The third kappa shape index (κ3) is 3.88. The predicted molar refractivity (Wildman–Crippen MR) is 108 cm³/mol. The van der Waals surface area contributed by atoms with Crippen molar-refractivity contribution in [1.29, 1.82) is 0 Å². The molecule has 0 aliphatic heterocycles. The molecule has 0 radical (unpaired) electrons. The highest BCUT2D eigenvalue weighted by Gasteiger charge is 2.14. The average Bonchev–Trinajstić information content (AvgIpc) is 3.02. The number of nitro benzene ring substituents is 1. The van der Waals surface area contributed by atoms with Gasteiger partial charge in [0.1, 0.15) is 5.69 Å². The molecule has 0 aliphatic rings. The van der Waals surface area contributed by atoms with Gasteiger partial charge in [0.2, 0.25) is 0 Å². The van der Waals surface area contributed by atoms with E-state index >= 15 is 0 Å². The Morgan fingerprint density at radius 1 is 1.15 bits per heavy atom. The topological polar surface area (TPSA) is 100 Å². The van der Waals surface area contributed by atoms with Crippen LogP contribution in [0.3, 0.4) is 0 Å². The van der Waals surface area contributed by atoms with Crippen molar-refractivity contribution >= 4 is 60.0 Å². The Bertz CT molecular complexity index is 987. The highest BCUT2D eigenvalue weighted by Crippen LogP contribution is 2.30. The first-order valence-electron chi connectivity index (χ1n) is 7.69. The highest BCUT2D eigenvalue weighted by atomic mass is 79.9. The second kappa shape index (κ2) is 7.88. The van der Waals surface area contributed by atoms with Crippen LogP contribution in [0.25, 0.3) is 10.9 Å². The number of aromatic nitrogens is 1. The molecule has 3 rings (SSSR count). The number of hydrogen-bond donors (Lipinski definition) is 3. The number of fused-ring (bicyclic) bond motifs is 1. The van der Waals surface area contributed by atoms with Crippen LogP contribution < -0.4 is 10.6 Å². The smallest absolute Gasteiger partial charge is 0.292 e. The molecular weight excluding hydrogens is 468 g/mol. The Morgan fingerprint density at radius 2 is 1.88 bits per heavy atom. The Labute approximate surface area is 165 Å². The minimum atomic E-state index is -0.442. The lowest BCUT2D eigenvalue weighted by atomic mass is 10.1. The number of carbonyl (C=O) groups excluding carboxylic acids is 1. The average molecular weight is 482 g/mol.